The molecule has 0 unspecified atom stereocenters. The van der Waals surface area contributed by atoms with Gasteiger partial charge in [0, 0.05) is 19.0 Å². The fraction of sp³-hybridized carbons (Fsp3) is 0.333. The average Bonchev–Trinajstić information content (AvgIpc) is 2.38. The van der Waals surface area contributed by atoms with E-state index in [-0.39, 0.29) is 24.3 Å². The van der Waals surface area contributed by atoms with E-state index in [1.165, 1.54) is 12.1 Å². The summed E-state index contributed by atoms with van der Waals surface area (Å²) in [6.07, 6.45) is 0.0213. The van der Waals surface area contributed by atoms with Crippen LogP contribution in [0, 0.1) is 0 Å². The summed E-state index contributed by atoms with van der Waals surface area (Å²) in [5.41, 5.74) is 0.239. The first-order valence-corrected chi connectivity index (χ1v) is 7.54. The highest BCUT2D eigenvalue weighted by atomic mass is 32.2. The monoisotopic (exact) mass is 300 g/mol. The first-order chi connectivity index (χ1) is 9.32. The van der Waals surface area contributed by atoms with Gasteiger partial charge in [0.1, 0.15) is 0 Å². The third-order valence-corrected chi connectivity index (χ3v) is 3.75. The van der Waals surface area contributed by atoms with Crippen molar-refractivity contribution < 1.29 is 23.2 Å². The Morgan fingerprint density at radius 2 is 1.85 bits per heavy atom. The minimum Gasteiger partial charge on any atom is -0.286 e. The van der Waals surface area contributed by atoms with Crippen molar-refractivity contribution in [1.29, 1.82) is 0 Å². The van der Waals surface area contributed by atoms with E-state index < -0.39 is 21.8 Å². The topological polar surface area (TPSA) is 104 Å². The number of carbonyl (C=O) groups excluding carboxylic acids is 2. The van der Waals surface area contributed by atoms with Crippen molar-refractivity contribution in [3.8, 4) is 0 Å². The molecule has 0 atom stereocenters. The number of hydrogen-bond acceptors (Lipinski definition) is 5. The number of nitrogens with one attached hydrogen (secondary N) is 1. The fourth-order valence-electron chi connectivity index (χ4n) is 1.40. The molecule has 1 aromatic rings. The van der Waals surface area contributed by atoms with E-state index in [1.807, 2.05) is 4.72 Å². The standard InChI is InChI=1S/C12H16N2O5S/c1-10(15)14(17)8-5-9-20(18,19)13-12(16)11-6-3-2-4-7-11/h2-4,6-7,17H,5,8-9H2,1H3,(H,13,16). The Balaban J connectivity index is 2.50. The zero-order valence-electron chi connectivity index (χ0n) is 10.9. The minimum absolute atomic E-state index is 0.0213. The third kappa shape index (κ3) is 5.37. The van der Waals surface area contributed by atoms with Gasteiger partial charge in [-0.15, -0.1) is 0 Å². The number of rotatable bonds is 6. The molecule has 1 aromatic carbocycles. The molecule has 20 heavy (non-hydrogen) atoms. The highest BCUT2D eigenvalue weighted by Crippen LogP contribution is 2.00. The summed E-state index contributed by atoms with van der Waals surface area (Å²) in [7, 11) is -3.80. The zero-order valence-corrected chi connectivity index (χ0v) is 11.8. The van der Waals surface area contributed by atoms with E-state index in [0.29, 0.717) is 5.06 Å². The van der Waals surface area contributed by atoms with Crippen LogP contribution >= 0.6 is 0 Å². The van der Waals surface area contributed by atoms with Crippen LogP contribution in [0.5, 0.6) is 0 Å². The lowest BCUT2D eigenvalue weighted by Crippen LogP contribution is -2.34. The maximum Gasteiger partial charge on any atom is 0.264 e. The average molecular weight is 300 g/mol. The van der Waals surface area contributed by atoms with Crippen molar-refractivity contribution >= 4 is 21.8 Å². The predicted octanol–water partition coefficient (Wildman–Crippen LogP) is 0.374. The lowest BCUT2D eigenvalue weighted by Gasteiger charge is -2.12. The molecule has 1 rings (SSSR count). The second kappa shape index (κ2) is 7.01. The second-order valence-corrected chi connectivity index (χ2v) is 5.95. The molecule has 0 aliphatic heterocycles. The summed E-state index contributed by atoms with van der Waals surface area (Å²) < 4.78 is 25.2. The van der Waals surface area contributed by atoms with E-state index in [2.05, 4.69) is 0 Å². The minimum atomic E-state index is -3.80. The molecule has 0 aromatic heterocycles. The van der Waals surface area contributed by atoms with Gasteiger partial charge in [0.2, 0.25) is 15.9 Å². The summed E-state index contributed by atoms with van der Waals surface area (Å²) in [6.45, 7) is 1.04. The first kappa shape index (κ1) is 16.1. The lowest BCUT2D eigenvalue weighted by molar-refractivity contribution is -0.162. The SMILES string of the molecule is CC(=O)N(O)CCCS(=O)(=O)NC(=O)c1ccccc1. The molecule has 0 saturated heterocycles. The summed E-state index contributed by atoms with van der Waals surface area (Å²) in [5, 5.41) is 9.51. The van der Waals surface area contributed by atoms with Crippen LogP contribution in [-0.2, 0) is 14.8 Å². The van der Waals surface area contributed by atoms with E-state index >= 15 is 0 Å². The molecule has 0 aliphatic rings. The first-order valence-electron chi connectivity index (χ1n) is 5.88. The Kier molecular flexibility index (Phi) is 5.66. The van der Waals surface area contributed by atoms with Gasteiger partial charge in [-0.25, -0.2) is 18.2 Å². The van der Waals surface area contributed by atoms with Crippen molar-refractivity contribution in [2.24, 2.45) is 0 Å². The summed E-state index contributed by atoms with van der Waals surface area (Å²) in [4.78, 5) is 22.4. The summed E-state index contributed by atoms with van der Waals surface area (Å²) in [5.74, 6) is -1.65. The van der Waals surface area contributed by atoms with Gasteiger partial charge in [-0.1, -0.05) is 18.2 Å². The molecule has 0 spiro atoms. The molecular weight excluding hydrogens is 284 g/mol. The molecule has 0 saturated carbocycles. The van der Waals surface area contributed by atoms with Crippen LogP contribution in [0.1, 0.15) is 23.7 Å². The number of carbonyl (C=O) groups is 2. The Bertz CT molecular complexity index is 571. The number of sulfonamides is 1. The smallest absolute Gasteiger partial charge is 0.264 e. The summed E-state index contributed by atoms with van der Waals surface area (Å²) >= 11 is 0. The molecule has 8 heteroatoms. The quantitative estimate of drug-likeness (QED) is 0.583. The number of hydrogen-bond donors (Lipinski definition) is 2. The molecular formula is C12H16N2O5S. The normalized spacial score (nSPS) is 10.9. The van der Waals surface area contributed by atoms with Crippen molar-refractivity contribution in [3.05, 3.63) is 35.9 Å². The third-order valence-electron chi connectivity index (χ3n) is 2.43. The molecule has 0 aliphatic carbocycles. The van der Waals surface area contributed by atoms with Gasteiger partial charge in [-0.3, -0.25) is 14.8 Å². The van der Waals surface area contributed by atoms with E-state index in [1.54, 1.807) is 18.2 Å². The Labute approximate surface area is 117 Å². The second-order valence-electron chi connectivity index (χ2n) is 4.11. The van der Waals surface area contributed by atoms with E-state index in [4.69, 9.17) is 5.21 Å². The molecule has 0 fully saturated rings. The number of hydroxylamine groups is 2. The van der Waals surface area contributed by atoms with Crippen molar-refractivity contribution in [2.75, 3.05) is 12.3 Å². The van der Waals surface area contributed by atoms with Gasteiger partial charge in [-0.2, -0.15) is 0 Å². The van der Waals surface area contributed by atoms with Crippen LogP contribution in [-0.4, -0.2) is 42.8 Å². The lowest BCUT2D eigenvalue weighted by atomic mass is 10.2. The number of benzene rings is 1. The van der Waals surface area contributed by atoms with Gasteiger partial charge in [0.05, 0.1) is 5.75 Å². The van der Waals surface area contributed by atoms with E-state index in [9.17, 15) is 18.0 Å². The molecule has 7 nitrogen and oxygen atoms in total. The van der Waals surface area contributed by atoms with Gasteiger partial charge < -0.3 is 0 Å². The Hall–Kier alpha value is -1.93. The molecule has 110 valence electrons. The predicted molar refractivity (Wildman–Crippen MR) is 71.5 cm³/mol. The number of amides is 2. The largest absolute Gasteiger partial charge is 0.286 e. The molecule has 2 amide bonds. The van der Waals surface area contributed by atoms with Crippen LogP contribution in [0.15, 0.2) is 30.3 Å². The number of nitrogens with zero attached hydrogens (tertiary/aromatic N) is 1. The molecule has 2 N–H and O–H groups in total. The van der Waals surface area contributed by atoms with Crippen LogP contribution in [0.4, 0.5) is 0 Å². The van der Waals surface area contributed by atoms with Gasteiger partial charge in [0.25, 0.3) is 5.91 Å². The maximum absolute atomic E-state index is 11.7. The van der Waals surface area contributed by atoms with E-state index in [0.717, 1.165) is 6.92 Å². The molecule has 0 radical (unpaired) electrons. The maximum atomic E-state index is 11.7. The van der Waals surface area contributed by atoms with Crippen LogP contribution < -0.4 is 4.72 Å². The van der Waals surface area contributed by atoms with Gasteiger partial charge in [-0.05, 0) is 18.6 Å². The van der Waals surface area contributed by atoms with Crippen LogP contribution in [0.3, 0.4) is 0 Å². The highest BCUT2D eigenvalue weighted by Gasteiger charge is 2.16. The highest BCUT2D eigenvalue weighted by molar-refractivity contribution is 7.90. The van der Waals surface area contributed by atoms with Gasteiger partial charge >= 0.3 is 0 Å². The van der Waals surface area contributed by atoms with Crippen molar-refractivity contribution in [1.82, 2.24) is 9.79 Å². The fourth-order valence-corrected chi connectivity index (χ4v) is 2.41. The Morgan fingerprint density at radius 1 is 1.25 bits per heavy atom. The van der Waals surface area contributed by atoms with Crippen LogP contribution in [0.2, 0.25) is 0 Å². The van der Waals surface area contributed by atoms with Crippen molar-refractivity contribution in [3.63, 3.8) is 0 Å². The van der Waals surface area contributed by atoms with Gasteiger partial charge in [0.15, 0.2) is 0 Å². The molecule has 0 bridgehead atoms. The summed E-state index contributed by atoms with van der Waals surface area (Å²) in [6, 6.07) is 7.95. The zero-order chi connectivity index (χ0) is 15.2. The molecule has 0 heterocycles. The van der Waals surface area contributed by atoms with Crippen molar-refractivity contribution in [2.45, 2.75) is 13.3 Å². The van der Waals surface area contributed by atoms with Crippen LogP contribution in [0.25, 0.3) is 0 Å². The Morgan fingerprint density at radius 3 is 2.40 bits per heavy atom.